The van der Waals surface area contributed by atoms with Crippen molar-refractivity contribution < 1.29 is 18.8 Å². The number of halogens is 1. The van der Waals surface area contributed by atoms with E-state index in [0.29, 0.717) is 0 Å². The van der Waals surface area contributed by atoms with Gasteiger partial charge in [-0.15, -0.1) is 0 Å². The van der Waals surface area contributed by atoms with E-state index in [9.17, 15) is 18.8 Å². The van der Waals surface area contributed by atoms with Gasteiger partial charge < -0.3 is 15.6 Å². The maximum Gasteiger partial charge on any atom is 0.289 e. The summed E-state index contributed by atoms with van der Waals surface area (Å²) in [4.78, 5) is 34.6. The number of carbonyl (C=O) groups excluding carboxylic acids is 3. The van der Waals surface area contributed by atoms with E-state index in [-0.39, 0.29) is 22.5 Å². The van der Waals surface area contributed by atoms with Crippen molar-refractivity contribution in [1.29, 1.82) is 5.26 Å². The summed E-state index contributed by atoms with van der Waals surface area (Å²) in [5, 5.41) is 11.2. The molecule has 2 amide bonds. The standard InChI is InChI=1S/C15H11FN4O3/c1-20-7-9(13(21)14(18)22)5-12(20)15(23)19-10-2-3-11(16)8(4-10)6-17/h2-5,7H,1H3,(H2,18,22)(H,19,23). The number of rotatable bonds is 4. The first kappa shape index (κ1) is 15.9. The number of aryl methyl sites for hydroxylation is 1. The lowest BCUT2D eigenvalue weighted by molar-refractivity contribution is -0.114. The molecule has 0 atom stereocenters. The molecule has 2 rings (SSSR count). The molecule has 0 saturated carbocycles. The molecular formula is C15H11FN4O3. The van der Waals surface area contributed by atoms with Crippen molar-refractivity contribution in [2.24, 2.45) is 12.8 Å². The molecule has 23 heavy (non-hydrogen) atoms. The third kappa shape index (κ3) is 3.24. The van der Waals surface area contributed by atoms with Gasteiger partial charge in [0.25, 0.3) is 17.6 Å². The van der Waals surface area contributed by atoms with Gasteiger partial charge in [-0.2, -0.15) is 5.26 Å². The van der Waals surface area contributed by atoms with Crippen molar-refractivity contribution in [1.82, 2.24) is 4.57 Å². The normalized spacial score (nSPS) is 9.96. The van der Waals surface area contributed by atoms with E-state index in [1.165, 1.54) is 36.0 Å². The van der Waals surface area contributed by atoms with E-state index in [2.05, 4.69) is 5.32 Å². The van der Waals surface area contributed by atoms with Crippen LogP contribution in [-0.2, 0) is 11.8 Å². The Morgan fingerprint density at radius 1 is 1.30 bits per heavy atom. The van der Waals surface area contributed by atoms with Gasteiger partial charge in [0.2, 0.25) is 0 Å². The van der Waals surface area contributed by atoms with Crippen LogP contribution in [0.4, 0.5) is 10.1 Å². The maximum atomic E-state index is 13.2. The number of hydrogen-bond donors (Lipinski definition) is 2. The Kier molecular flexibility index (Phi) is 4.23. The van der Waals surface area contributed by atoms with Gasteiger partial charge >= 0.3 is 0 Å². The Balaban J connectivity index is 2.27. The minimum atomic E-state index is -1.13. The quantitative estimate of drug-likeness (QED) is 0.645. The van der Waals surface area contributed by atoms with Crippen LogP contribution in [0.1, 0.15) is 26.4 Å². The van der Waals surface area contributed by atoms with Crippen LogP contribution in [0.3, 0.4) is 0 Å². The number of nitriles is 1. The molecule has 2 aromatic rings. The number of Topliss-reactive ketones (excluding diaryl/α,β-unsaturated/α-hetero) is 1. The molecule has 1 aromatic carbocycles. The van der Waals surface area contributed by atoms with Crippen molar-refractivity contribution in [3.8, 4) is 6.07 Å². The van der Waals surface area contributed by atoms with E-state index in [1.807, 2.05) is 0 Å². The molecule has 0 aliphatic rings. The van der Waals surface area contributed by atoms with E-state index >= 15 is 0 Å². The molecule has 0 saturated heterocycles. The predicted octanol–water partition coefficient (Wildman–Crippen LogP) is 0.956. The third-order valence-corrected chi connectivity index (χ3v) is 3.07. The smallest absolute Gasteiger partial charge is 0.289 e. The third-order valence-electron chi connectivity index (χ3n) is 3.07. The molecule has 1 heterocycles. The van der Waals surface area contributed by atoms with Gasteiger partial charge in [0.15, 0.2) is 0 Å². The fourth-order valence-corrected chi connectivity index (χ4v) is 1.94. The number of aromatic nitrogens is 1. The summed E-state index contributed by atoms with van der Waals surface area (Å²) in [6.45, 7) is 0. The molecule has 0 aliphatic heterocycles. The second kappa shape index (κ2) is 6.11. The highest BCUT2D eigenvalue weighted by molar-refractivity contribution is 6.42. The van der Waals surface area contributed by atoms with Crippen molar-refractivity contribution in [2.75, 3.05) is 5.32 Å². The number of nitrogens with one attached hydrogen (secondary N) is 1. The summed E-state index contributed by atoms with van der Waals surface area (Å²) in [7, 11) is 1.51. The SMILES string of the molecule is Cn1cc(C(=O)C(N)=O)cc1C(=O)Nc1ccc(F)c(C#N)c1. The number of ketones is 1. The molecule has 0 fully saturated rings. The Labute approximate surface area is 130 Å². The molecular weight excluding hydrogens is 303 g/mol. The molecule has 0 radical (unpaired) electrons. The van der Waals surface area contributed by atoms with Gasteiger partial charge in [-0.3, -0.25) is 14.4 Å². The van der Waals surface area contributed by atoms with Crippen LogP contribution in [0.15, 0.2) is 30.5 Å². The first-order valence-electron chi connectivity index (χ1n) is 6.35. The number of amides is 2. The van der Waals surface area contributed by atoms with E-state index < -0.39 is 23.4 Å². The number of hydrogen-bond acceptors (Lipinski definition) is 4. The molecule has 1 aromatic heterocycles. The zero-order chi connectivity index (χ0) is 17.1. The van der Waals surface area contributed by atoms with Crippen molar-refractivity contribution in [2.45, 2.75) is 0 Å². The van der Waals surface area contributed by atoms with Crippen LogP contribution < -0.4 is 11.1 Å². The molecule has 3 N–H and O–H groups in total. The number of carbonyl (C=O) groups is 3. The van der Waals surface area contributed by atoms with Crippen LogP contribution in [0.5, 0.6) is 0 Å². The van der Waals surface area contributed by atoms with Gasteiger partial charge in [-0.1, -0.05) is 0 Å². The fraction of sp³-hybridized carbons (Fsp3) is 0.0667. The minimum Gasteiger partial charge on any atom is -0.363 e. The largest absolute Gasteiger partial charge is 0.363 e. The van der Waals surface area contributed by atoms with E-state index in [0.717, 1.165) is 6.07 Å². The highest BCUT2D eigenvalue weighted by Gasteiger charge is 2.19. The van der Waals surface area contributed by atoms with E-state index in [4.69, 9.17) is 11.0 Å². The number of primary amides is 1. The van der Waals surface area contributed by atoms with Gasteiger partial charge in [0.1, 0.15) is 17.6 Å². The summed E-state index contributed by atoms with van der Waals surface area (Å²) in [6.07, 6.45) is 1.30. The van der Waals surface area contributed by atoms with E-state index in [1.54, 1.807) is 6.07 Å². The zero-order valence-corrected chi connectivity index (χ0v) is 12.0. The average molecular weight is 314 g/mol. The monoisotopic (exact) mass is 314 g/mol. The minimum absolute atomic E-state index is 0.0121. The van der Waals surface area contributed by atoms with Crippen LogP contribution in [-0.4, -0.2) is 22.2 Å². The Morgan fingerprint density at radius 3 is 2.61 bits per heavy atom. The summed E-state index contributed by atoms with van der Waals surface area (Å²) in [5.74, 6) is -3.32. The predicted molar refractivity (Wildman–Crippen MR) is 78.0 cm³/mol. The Hall–Kier alpha value is -3.47. The van der Waals surface area contributed by atoms with Crippen LogP contribution in [0, 0.1) is 17.1 Å². The van der Waals surface area contributed by atoms with Crippen LogP contribution in [0.2, 0.25) is 0 Å². The van der Waals surface area contributed by atoms with Crippen molar-refractivity contribution in [3.63, 3.8) is 0 Å². The fourth-order valence-electron chi connectivity index (χ4n) is 1.94. The van der Waals surface area contributed by atoms with Crippen LogP contribution in [0.25, 0.3) is 0 Å². The highest BCUT2D eigenvalue weighted by atomic mass is 19.1. The summed E-state index contributed by atoms with van der Waals surface area (Å²) >= 11 is 0. The summed E-state index contributed by atoms with van der Waals surface area (Å²) < 4.78 is 14.6. The number of anilines is 1. The lowest BCUT2D eigenvalue weighted by atomic mass is 10.2. The number of nitrogens with two attached hydrogens (primary N) is 1. The van der Waals surface area contributed by atoms with Gasteiger partial charge in [0, 0.05) is 24.5 Å². The van der Waals surface area contributed by atoms with Crippen LogP contribution >= 0.6 is 0 Å². The molecule has 0 unspecified atom stereocenters. The highest BCUT2D eigenvalue weighted by Crippen LogP contribution is 2.16. The first-order chi connectivity index (χ1) is 10.8. The molecule has 8 heteroatoms. The van der Waals surface area contributed by atoms with Crippen molar-refractivity contribution >= 4 is 23.3 Å². The topological polar surface area (TPSA) is 118 Å². The molecule has 0 aliphatic carbocycles. The molecule has 7 nitrogen and oxygen atoms in total. The Bertz CT molecular complexity index is 864. The molecule has 116 valence electrons. The number of benzene rings is 1. The molecule has 0 bridgehead atoms. The van der Waals surface area contributed by atoms with Gasteiger partial charge in [-0.05, 0) is 24.3 Å². The lowest BCUT2D eigenvalue weighted by Crippen LogP contribution is -2.22. The second-order valence-electron chi connectivity index (χ2n) is 4.68. The molecule has 0 spiro atoms. The average Bonchev–Trinajstić information content (AvgIpc) is 2.90. The lowest BCUT2D eigenvalue weighted by Gasteiger charge is -2.06. The Morgan fingerprint density at radius 2 is 2.00 bits per heavy atom. The van der Waals surface area contributed by atoms with Gasteiger partial charge in [0.05, 0.1) is 5.56 Å². The van der Waals surface area contributed by atoms with Gasteiger partial charge in [-0.25, -0.2) is 4.39 Å². The first-order valence-corrected chi connectivity index (χ1v) is 6.35. The summed E-state index contributed by atoms with van der Waals surface area (Å²) in [5.41, 5.74) is 5.00. The summed E-state index contributed by atoms with van der Waals surface area (Å²) in [6, 6.07) is 6.42. The maximum absolute atomic E-state index is 13.2. The van der Waals surface area contributed by atoms with Crippen molar-refractivity contribution in [3.05, 3.63) is 53.1 Å². The zero-order valence-electron chi connectivity index (χ0n) is 12.0. The number of nitrogens with zero attached hydrogens (tertiary/aromatic N) is 2. The second-order valence-corrected chi connectivity index (χ2v) is 4.68.